The lowest BCUT2D eigenvalue weighted by atomic mass is 9.33. The van der Waals surface area contributed by atoms with Crippen LogP contribution < -0.4 is 0 Å². The van der Waals surface area contributed by atoms with Crippen LogP contribution in [0.1, 0.15) is 113 Å². The van der Waals surface area contributed by atoms with Crippen molar-refractivity contribution in [2.24, 2.45) is 50.2 Å². The molecule has 5 aliphatic carbocycles. The van der Waals surface area contributed by atoms with Crippen molar-refractivity contribution in [3.8, 4) is 0 Å². The maximum Gasteiger partial charge on any atom is 0.310 e. The summed E-state index contributed by atoms with van der Waals surface area (Å²) in [5.41, 5.74) is -1.29. The van der Waals surface area contributed by atoms with E-state index in [0.29, 0.717) is 19.3 Å². The van der Waals surface area contributed by atoms with Crippen LogP contribution in [0.3, 0.4) is 0 Å². The number of hydrogen-bond acceptors (Lipinski definition) is 6. The average Bonchev–Trinajstić information content (AvgIpc) is 2.85. The predicted molar refractivity (Wildman–Crippen MR) is 154 cm³/mol. The molecule has 41 heavy (non-hydrogen) atoms. The number of carboxylic acids is 1. The third-order valence-corrected chi connectivity index (χ3v) is 13.4. The Kier molecular flexibility index (Phi) is 6.95. The number of allylic oxidation sites excluding steroid dienone is 2. The average molecular weight is 571 g/mol. The van der Waals surface area contributed by atoms with Crippen molar-refractivity contribution in [2.75, 3.05) is 6.61 Å². The third kappa shape index (κ3) is 4.17. The highest BCUT2D eigenvalue weighted by atomic mass is 16.6. The van der Waals surface area contributed by atoms with Crippen LogP contribution in [0, 0.1) is 50.2 Å². The molecule has 0 heterocycles. The molecule has 0 unspecified atom stereocenters. The van der Waals surface area contributed by atoms with E-state index in [-0.39, 0.29) is 63.7 Å². The standard InChI is InChI=1S/C34H50O7/c1-20(35)40-19-31(6)25-9-12-33(8)27(30(25,5)11-10-26(31)41-21(2)36)24(37)17-22-23-18-29(3,4)13-15-34(23,28(38)39)16-14-32(22,33)7/h17,23,25-27H,9-16,18-19H2,1-8H3,(H,38,39)/t23-,25+,26+,27-,30-,31-,32+,33-,34+/m1/s1. The summed E-state index contributed by atoms with van der Waals surface area (Å²) in [4.78, 5) is 51.5. The second-order valence-electron chi connectivity index (χ2n) is 16.1. The van der Waals surface area contributed by atoms with E-state index in [4.69, 9.17) is 9.47 Å². The highest BCUT2D eigenvalue weighted by Gasteiger charge is 2.72. The molecular formula is C34H50O7. The van der Waals surface area contributed by atoms with Gasteiger partial charge in [0.2, 0.25) is 0 Å². The molecule has 7 nitrogen and oxygen atoms in total. The molecule has 9 atom stereocenters. The second-order valence-corrected chi connectivity index (χ2v) is 16.1. The summed E-state index contributed by atoms with van der Waals surface area (Å²) in [7, 11) is 0. The van der Waals surface area contributed by atoms with Crippen LogP contribution in [0.5, 0.6) is 0 Å². The molecule has 0 aromatic heterocycles. The van der Waals surface area contributed by atoms with Crippen LogP contribution in [-0.2, 0) is 28.7 Å². The maximum absolute atomic E-state index is 14.5. The molecule has 5 aliphatic rings. The Morgan fingerprint density at radius 2 is 1.56 bits per heavy atom. The molecule has 1 N–H and O–H groups in total. The van der Waals surface area contributed by atoms with Crippen LogP contribution in [0.25, 0.3) is 0 Å². The lowest BCUT2D eigenvalue weighted by molar-refractivity contribution is -0.223. The quantitative estimate of drug-likeness (QED) is 0.383. The zero-order valence-electron chi connectivity index (χ0n) is 26.4. The number of rotatable bonds is 4. The van der Waals surface area contributed by atoms with Crippen LogP contribution in [0.2, 0.25) is 0 Å². The van der Waals surface area contributed by atoms with Gasteiger partial charge in [0, 0.05) is 25.2 Å². The lowest BCUT2D eigenvalue weighted by Crippen LogP contribution is -2.68. The van der Waals surface area contributed by atoms with E-state index >= 15 is 0 Å². The summed E-state index contributed by atoms with van der Waals surface area (Å²) < 4.78 is 11.5. The Bertz CT molecular complexity index is 1200. The number of carbonyl (C=O) groups excluding carboxylic acids is 3. The van der Waals surface area contributed by atoms with Gasteiger partial charge < -0.3 is 14.6 Å². The van der Waals surface area contributed by atoms with E-state index in [1.54, 1.807) is 0 Å². The third-order valence-electron chi connectivity index (χ3n) is 13.4. The summed E-state index contributed by atoms with van der Waals surface area (Å²) in [5, 5.41) is 10.6. The molecule has 0 radical (unpaired) electrons. The van der Waals surface area contributed by atoms with E-state index in [0.717, 1.165) is 44.1 Å². The topological polar surface area (TPSA) is 107 Å². The lowest BCUT2D eigenvalue weighted by Gasteiger charge is -2.70. The molecule has 4 saturated carbocycles. The van der Waals surface area contributed by atoms with Gasteiger partial charge in [0.05, 0.1) is 5.41 Å². The number of aliphatic carboxylic acids is 1. The van der Waals surface area contributed by atoms with Crippen molar-refractivity contribution in [3.05, 3.63) is 11.6 Å². The van der Waals surface area contributed by atoms with E-state index in [1.165, 1.54) is 13.8 Å². The number of hydrogen-bond donors (Lipinski definition) is 1. The normalized spacial score (nSPS) is 46.5. The van der Waals surface area contributed by atoms with Gasteiger partial charge in [-0.05, 0) is 97.4 Å². The minimum Gasteiger partial charge on any atom is -0.481 e. The Morgan fingerprint density at radius 1 is 0.902 bits per heavy atom. The first-order valence-corrected chi connectivity index (χ1v) is 15.7. The van der Waals surface area contributed by atoms with Gasteiger partial charge in [0.25, 0.3) is 0 Å². The summed E-state index contributed by atoms with van der Waals surface area (Å²) in [6, 6.07) is 0. The Labute approximate surface area is 245 Å². The molecule has 0 bridgehead atoms. The van der Waals surface area contributed by atoms with Crippen molar-refractivity contribution >= 4 is 23.7 Å². The van der Waals surface area contributed by atoms with E-state index in [1.807, 2.05) is 6.08 Å². The number of ketones is 1. The van der Waals surface area contributed by atoms with Gasteiger partial charge in [0.15, 0.2) is 5.78 Å². The molecule has 0 aromatic carbocycles. The van der Waals surface area contributed by atoms with Gasteiger partial charge in [-0.3, -0.25) is 19.2 Å². The first-order valence-electron chi connectivity index (χ1n) is 15.7. The summed E-state index contributed by atoms with van der Waals surface area (Å²) in [5.74, 6) is -1.66. The summed E-state index contributed by atoms with van der Waals surface area (Å²) >= 11 is 0. The predicted octanol–water partition coefficient (Wildman–Crippen LogP) is 6.53. The van der Waals surface area contributed by atoms with Gasteiger partial charge >= 0.3 is 17.9 Å². The number of fused-ring (bicyclic) bond motifs is 7. The van der Waals surface area contributed by atoms with Crippen LogP contribution in [0.15, 0.2) is 11.6 Å². The summed E-state index contributed by atoms with van der Waals surface area (Å²) in [6.07, 6.45) is 8.25. The number of carbonyl (C=O) groups is 4. The number of ether oxygens (including phenoxy) is 2. The maximum atomic E-state index is 14.5. The van der Waals surface area contributed by atoms with Crippen molar-refractivity contribution in [1.29, 1.82) is 0 Å². The highest BCUT2D eigenvalue weighted by molar-refractivity contribution is 5.96. The Balaban J connectivity index is 1.60. The minimum absolute atomic E-state index is 0.0170. The molecule has 4 fully saturated rings. The SMILES string of the molecule is CC(=O)OC[C@]1(C)[C@H]2CC[C@]3(C)[C@H](C(=O)C=C4[C@H]5CC(C)(C)CC[C@]5(C(=O)O)CC[C@@]43C)[C@]2(C)CC[C@@H]1OC(C)=O. The Morgan fingerprint density at radius 3 is 2.17 bits per heavy atom. The van der Waals surface area contributed by atoms with Gasteiger partial charge in [-0.1, -0.05) is 47.1 Å². The zero-order chi connectivity index (χ0) is 30.4. The van der Waals surface area contributed by atoms with Crippen LogP contribution >= 0.6 is 0 Å². The van der Waals surface area contributed by atoms with E-state index in [9.17, 15) is 24.3 Å². The zero-order valence-corrected chi connectivity index (χ0v) is 26.4. The fraction of sp³-hybridized carbons (Fsp3) is 0.824. The molecular weight excluding hydrogens is 520 g/mol. The molecule has 228 valence electrons. The van der Waals surface area contributed by atoms with Gasteiger partial charge in [-0.15, -0.1) is 0 Å². The fourth-order valence-electron chi connectivity index (χ4n) is 11.1. The van der Waals surface area contributed by atoms with Crippen LogP contribution in [0.4, 0.5) is 0 Å². The molecule has 0 aromatic rings. The van der Waals surface area contributed by atoms with Crippen molar-refractivity contribution < 1.29 is 33.8 Å². The largest absolute Gasteiger partial charge is 0.481 e. The van der Waals surface area contributed by atoms with Crippen molar-refractivity contribution in [3.63, 3.8) is 0 Å². The molecule has 5 rings (SSSR count). The smallest absolute Gasteiger partial charge is 0.310 e. The van der Waals surface area contributed by atoms with Crippen LogP contribution in [-0.4, -0.2) is 41.5 Å². The molecule has 0 amide bonds. The summed E-state index contributed by atoms with van der Waals surface area (Å²) in [6.45, 7) is 16.4. The second kappa shape index (κ2) is 9.41. The minimum atomic E-state index is -0.796. The molecule has 0 spiro atoms. The molecule has 0 saturated heterocycles. The molecule has 0 aliphatic heterocycles. The Hall–Kier alpha value is -2.18. The number of carboxylic acid groups (broad SMARTS) is 1. The highest BCUT2D eigenvalue weighted by Crippen LogP contribution is 2.75. The monoisotopic (exact) mass is 570 g/mol. The van der Waals surface area contributed by atoms with Crippen molar-refractivity contribution in [2.45, 2.75) is 119 Å². The first kappa shape index (κ1) is 30.3. The first-order chi connectivity index (χ1) is 18.9. The van der Waals surface area contributed by atoms with Gasteiger partial charge in [0.1, 0.15) is 12.7 Å². The number of esters is 2. The van der Waals surface area contributed by atoms with E-state index in [2.05, 4.69) is 41.5 Å². The fourth-order valence-corrected chi connectivity index (χ4v) is 11.1. The van der Waals surface area contributed by atoms with E-state index < -0.39 is 22.9 Å². The van der Waals surface area contributed by atoms with Crippen molar-refractivity contribution in [1.82, 2.24) is 0 Å². The van der Waals surface area contributed by atoms with Gasteiger partial charge in [-0.25, -0.2) is 0 Å². The van der Waals surface area contributed by atoms with Gasteiger partial charge in [-0.2, -0.15) is 0 Å². The molecule has 7 heteroatoms.